The van der Waals surface area contributed by atoms with E-state index in [0.717, 1.165) is 5.69 Å². The van der Waals surface area contributed by atoms with Gasteiger partial charge in [0.2, 0.25) is 0 Å². The Morgan fingerprint density at radius 1 is 1.32 bits per heavy atom. The van der Waals surface area contributed by atoms with Gasteiger partial charge in [-0.05, 0) is 31.2 Å². The molecule has 1 aromatic carbocycles. The van der Waals surface area contributed by atoms with E-state index < -0.39 is 6.10 Å². The first-order chi connectivity index (χ1) is 9.06. The molecule has 0 radical (unpaired) electrons. The molecule has 0 saturated carbocycles. The highest BCUT2D eigenvalue weighted by Gasteiger charge is 2.19. The van der Waals surface area contributed by atoms with Crippen molar-refractivity contribution in [3.8, 4) is 5.75 Å². The lowest BCUT2D eigenvalue weighted by atomic mass is 10.1. The molecule has 0 fully saturated rings. The van der Waals surface area contributed by atoms with Crippen LogP contribution in [0, 0.1) is 5.82 Å². The summed E-state index contributed by atoms with van der Waals surface area (Å²) in [5, 5.41) is 0. The fourth-order valence-corrected chi connectivity index (χ4v) is 2.17. The molecule has 2 atom stereocenters. The van der Waals surface area contributed by atoms with Crippen LogP contribution in [0.1, 0.15) is 18.7 Å². The topological polar surface area (TPSA) is 48.1 Å². The molecule has 0 spiro atoms. The number of pyridine rings is 1. The number of aromatic nitrogens is 1. The summed E-state index contributed by atoms with van der Waals surface area (Å²) in [4.78, 5) is 4.23. The van der Waals surface area contributed by atoms with Gasteiger partial charge in [0.25, 0.3) is 0 Å². The number of halogens is 2. The summed E-state index contributed by atoms with van der Waals surface area (Å²) in [6.45, 7) is 1.83. The van der Waals surface area contributed by atoms with Gasteiger partial charge in [0.05, 0.1) is 5.69 Å². The zero-order valence-electron chi connectivity index (χ0n) is 10.4. The smallest absolute Gasteiger partial charge is 0.155 e. The molecular formula is C14H14BrFN2O. The van der Waals surface area contributed by atoms with Crippen LogP contribution in [0.3, 0.4) is 0 Å². The third kappa shape index (κ3) is 3.75. The summed E-state index contributed by atoms with van der Waals surface area (Å²) >= 11 is 3.23. The summed E-state index contributed by atoms with van der Waals surface area (Å²) in [6.07, 6.45) is 1.25. The minimum Gasteiger partial charge on any atom is -0.482 e. The number of ether oxygens (including phenoxy) is 1. The van der Waals surface area contributed by atoms with Crippen LogP contribution >= 0.6 is 15.9 Å². The molecule has 0 aliphatic rings. The van der Waals surface area contributed by atoms with E-state index in [1.807, 2.05) is 25.1 Å². The van der Waals surface area contributed by atoms with Crippen LogP contribution in [0.15, 0.2) is 47.1 Å². The number of benzene rings is 1. The van der Waals surface area contributed by atoms with E-state index in [0.29, 0.717) is 10.2 Å². The average molecular weight is 325 g/mol. The number of rotatable bonds is 4. The summed E-state index contributed by atoms with van der Waals surface area (Å²) in [5.41, 5.74) is 6.64. The molecule has 0 aliphatic carbocycles. The summed E-state index contributed by atoms with van der Waals surface area (Å²) in [6, 6.07) is 9.64. The third-order valence-corrected chi connectivity index (χ3v) is 3.01. The maximum absolute atomic E-state index is 13.3. The normalized spacial score (nSPS) is 13.9. The predicted molar refractivity (Wildman–Crippen MR) is 75.4 cm³/mol. The first kappa shape index (κ1) is 14.0. The van der Waals surface area contributed by atoms with Crippen LogP contribution in [-0.4, -0.2) is 11.0 Å². The fraction of sp³-hybridized carbons (Fsp3) is 0.214. The highest BCUT2D eigenvalue weighted by atomic mass is 79.9. The Balaban J connectivity index is 2.27. The molecule has 0 aliphatic heterocycles. The first-order valence-electron chi connectivity index (χ1n) is 5.85. The lowest BCUT2D eigenvalue weighted by molar-refractivity contribution is 0.175. The quantitative estimate of drug-likeness (QED) is 0.937. The van der Waals surface area contributed by atoms with E-state index in [2.05, 4.69) is 20.9 Å². The van der Waals surface area contributed by atoms with Crippen LogP contribution in [0.4, 0.5) is 4.39 Å². The van der Waals surface area contributed by atoms with Crippen LogP contribution in [0.5, 0.6) is 5.75 Å². The minimum absolute atomic E-state index is 0.267. The van der Waals surface area contributed by atoms with Crippen molar-refractivity contribution in [2.75, 3.05) is 0 Å². The molecule has 100 valence electrons. The van der Waals surface area contributed by atoms with E-state index in [4.69, 9.17) is 10.5 Å². The molecule has 1 heterocycles. The van der Waals surface area contributed by atoms with Crippen molar-refractivity contribution in [2.45, 2.75) is 19.1 Å². The fourth-order valence-electron chi connectivity index (χ4n) is 1.72. The average Bonchev–Trinajstić information content (AvgIpc) is 2.35. The van der Waals surface area contributed by atoms with Gasteiger partial charge in [0, 0.05) is 22.8 Å². The van der Waals surface area contributed by atoms with Crippen molar-refractivity contribution in [1.29, 1.82) is 0 Å². The van der Waals surface area contributed by atoms with Crippen molar-refractivity contribution in [1.82, 2.24) is 4.98 Å². The Hall–Kier alpha value is -1.46. The maximum atomic E-state index is 13.3. The van der Waals surface area contributed by atoms with Gasteiger partial charge < -0.3 is 10.5 Å². The summed E-state index contributed by atoms with van der Waals surface area (Å²) in [5.74, 6) is 0.0497. The van der Waals surface area contributed by atoms with Crippen LogP contribution in [0.2, 0.25) is 0 Å². The second-order valence-electron chi connectivity index (χ2n) is 4.26. The lowest BCUT2D eigenvalue weighted by Gasteiger charge is -2.22. The molecule has 1 aromatic heterocycles. The molecule has 0 saturated heterocycles. The van der Waals surface area contributed by atoms with Crippen molar-refractivity contribution in [3.05, 3.63) is 58.6 Å². The van der Waals surface area contributed by atoms with Gasteiger partial charge in [0.15, 0.2) is 6.10 Å². The van der Waals surface area contributed by atoms with Crippen molar-refractivity contribution >= 4 is 15.9 Å². The Kier molecular flexibility index (Phi) is 4.50. The molecule has 2 unspecified atom stereocenters. The summed E-state index contributed by atoms with van der Waals surface area (Å²) in [7, 11) is 0. The molecule has 19 heavy (non-hydrogen) atoms. The Morgan fingerprint density at radius 2 is 2.11 bits per heavy atom. The number of nitrogens with two attached hydrogens (primary N) is 1. The second-order valence-corrected chi connectivity index (χ2v) is 5.17. The Labute approximate surface area is 119 Å². The van der Waals surface area contributed by atoms with Gasteiger partial charge in [-0.1, -0.05) is 22.0 Å². The van der Waals surface area contributed by atoms with Gasteiger partial charge in [-0.25, -0.2) is 4.39 Å². The van der Waals surface area contributed by atoms with E-state index in [1.165, 1.54) is 12.1 Å². The summed E-state index contributed by atoms with van der Waals surface area (Å²) < 4.78 is 19.7. The van der Waals surface area contributed by atoms with Crippen molar-refractivity contribution < 1.29 is 9.13 Å². The molecule has 2 aromatic rings. The van der Waals surface area contributed by atoms with Crippen LogP contribution in [-0.2, 0) is 0 Å². The van der Waals surface area contributed by atoms with E-state index in [-0.39, 0.29) is 11.9 Å². The zero-order chi connectivity index (χ0) is 13.8. The lowest BCUT2D eigenvalue weighted by Crippen LogP contribution is -2.29. The Morgan fingerprint density at radius 3 is 2.68 bits per heavy atom. The van der Waals surface area contributed by atoms with Crippen molar-refractivity contribution in [2.24, 2.45) is 5.73 Å². The molecule has 0 amide bonds. The Bertz CT molecular complexity index is 528. The second kappa shape index (κ2) is 6.12. The molecule has 2 rings (SSSR count). The molecular weight excluding hydrogens is 311 g/mol. The predicted octanol–water partition coefficient (Wildman–Crippen LogP) is 3.45. The van der Waals surface area contributed by atoms with E-state index in [1.54, 1.807) is 12.3 Å². The molecule has 3 nitrogen and oxygen atoms in total. The monoisotopic (exact) mass is 324 g/mol. The highest BCUT2D eigenvalue weighted by molar-refractivity contribution is 9.10. The van der Waals surface area contributed by atoms with Crippen LogP contribution < -0.4 is 10.5 Å². The molecule has 2 N–H and O–H groups in total. The van der Waals surface area contributed by atoms with E-state index >= 15 is 0 Å². The van der Waals surface area contributed by atoms with Crippen molar-refractivity contribution in [3.63, 3.8) is 0 Å². The van der Waals surface area contributed by atoms with Crippen LogP contribution in [0.25, 0.3) is 0 Å². The van der Waals surface area contributed by atoms with Gasteiger partial charge in [-0.15, -0.1) is 0 Å². The van der Waals surface area contributed by atoms with Gasteiger partial charge in [0.1, 0.15) is 11.6 Å². The standard InChI is InChI=1S/C14H14BrFN2O/c1-9(17)14(13-4-2-3-5-18-13)19-12-7-10(15)6-11(16)8-12/h2-9,14H,17H2,1H3. The largest absolute Gasteiger partial charge is 0.482 e. The highest BCUT2D eigenvalue weighted by Crippen LogP contribution is 2.26. The zero-order valence-corrected chi connectivity index (χ0v) is 12.0. The number of nitrogens with zero attached hydrogens (tertiary/aromatic N) is 1. The maximum Gasteiger partial charge on any atom is 0.155 e. The van der Waals surface area contributed by atoms with Gasteiger partial charge in [-0.2, -0.15) is 0 Å². The molecule has 5 heteroatoms. The third-order valence-electron chi connectivity index (χ3n) is 2.56. The SMILES string of the molecule is CC(N)C(Oc1cc(F)cc(Br)c1)c1ccccn1. The van der Waals surface area contributed by atoms with Gasteiger partial charge >= 0.3 is 0 Å². The number of hydrogen-bond acceptors (Lipinski definition) is 3. The molecule has 0 bridgehead atoms. The first-order valence-corrected chi connectivity index (χ1v) is 6.65. The number of hydrogen-bond donors (Lipinski definition) is 1. The van der Waals surface area contributed by atoms with Gasteiger partial charge in [-0.3, -0.25) is 4.98 Å². The van der Waals surface area contributed by atoms with E-state index in [9.17, 15) is 4.39 Å². The minimum atomic E-state index is -0.421.